The first-order valence-electron chi connectivity index (χ1n) is 8.61. The molecular formula is C19H25N3O2. The Balaban J connectivity index is 1.60. The van der Waals surface area contributed by atoms with Crippen LogP contribution in [-0.2, 0) is 0 Å². The molecule has 3 rings (SSSR count). The van der Waals surface area contributed by atoms with Gasteiger partial charge in [0, 0.05) is 38.1 Å². The number of piperazine rings is 1. The summed E-state index contributed by atoms with van der Waals surface area (Å²) in [5.41, 5.74) is 0.849. The average molecular weight is 327 g/mol. The second kappa shape index (κ2) is 7.64. The number of urea groups is 1. The number of rotatable bonds is 4. The van der Waals surface area contributed by atoms with Crippen molar-refractivity contribution in [1.29, 1.82) is 0 Å². The number of β-amino-alcohol motifs (C(OH)–C–C–N with tert-alkyl or cyclic N) is 1. The molecule has 1 unspecified atom stereocenters. The second-order valence-corrected chi connectivity index (χ2v) is 6.31. The number of carbonyl (C=O) groups excluding carboxylic acids is 1. The summed E-state index contributed by atoms with van der Waals surface area (Å²) in [7, 11) is 0. The summed E-state index contributed by atoms with van der Waals surface area (Å²) < 4.78 is 0. The normalized spacial score (nSPS) is 17.0. The molecule has 0 bridgehead atoms. The van der Waals surface area contributed by atoms with E-state index in [2.05, 4.69) is 10.2 Å². The topological polar surface area (TPSA) is 55.8 Å². The molecule has 128 valence electrons. The van der Waals surface area contributed by atoms with E-state index in [4.69, 9.17) is 0 Å². The van der Waals surface area contributed by atoms with Crippen LogP contribution in [0, 0.1) is 0 Å². The Hall–Kier alpha value is -2.11. The molecule has 2 amide bonds. The van der Waals surface area contributed by atoms with Crippen molar-refractivity contribution in [3.63, 3.8) is 0 Å². The maximum atomic E-state index is 12.5. The van der Waals surface area contributed by atoms with Crippen LogP contribution in [0.5, 0.6) is 0 Å². The zero-order chi connectivity index (χ0) is 16.9. The highest BCUT2D eigenvalue weighted by Crippen LogP contribution is 2.23. The fourth-order valence-electron chi connectivity index (χ4n) is 3.09. The van der Waals surface area contributed by atoms with Gasteiger partial charge in [-0.2, -0.15) is 0 Å². The average Bonchev–Trinajstić information content (AvgIpc) is 2.62. The van der Waals surface area contributed by atoms with Gasteiger partial charge >= 0.3 is 6.03 Å². The zero-order valence-corrected chi connectivity index (χ0v) is 14.1. The van der Waals surface area contributed by atoms with Gasteiger partial charge in [0.05, 0.1) is 11.8 Å². The van der Waals surface area contributed by atoms with Crippen molar-refractivity contribution in [2.75, 3.05) is 38.0 Å². The number of amides is 2. The number of carbonyl (C=O) groups is 1. The third kappa shape index (κ3) is 3.86. The Labute approximate surface area is 142 Å². The largest absolute Gasteiger partial charge is 0.392 e. The third-order valence-electron chi connectivity index (χ3n) is 4.63. The van der Waals surface area contributed by atoms with E-state index in [0.29, 0.717) is 19.6 Å². The van der Waals surface area contributed by atoms with E-state index in [9.17, 15) is 9.90 Å². The summed E-state index contributed by atoms with van der Waals surface area (Å²) >= 11 is 0. The summed E-state index contributed by atoms with van der Waals surface area (Å²) in [6.07, 6.45) is 0.489. The first-order valence-corrected chi connectivity index (χ1v) is 8.61. The van der Waals surface area contributed by atoms with Crippen molar-refractivity contribution in [3.8, 4) is 0 Å². The maximum Gasteiger partial charge on any atom is 0.321 e. The first kappa shape index (κ1) is 16.7. The van der Waals surface area contributed by atoms with Gasteiger partial charge in [-0.1, -0.05) is 43.3 Å². The lowest BCUT2D eigenvalue weighted by molar-refractivity contribution is 0.0812. The highest BCUT2D eigenvalue weighted by molar-refractivity contribution is 6.01. The fraction of sp³-hybridized carbons (Fsp3) is 0.421. The van der Waals surface area contributed by atoms with Crippen LogP contribution in [0.1, 0.15) is 13.3 Å². The van der Waals surface area contributed by atoms with Gasteiger partial charge in [-0.15, -0.1) is 0 Å². The Morgan fingerprint density at radius 2 is 1.83 bits per heavy atom. The Kier molecular flexibility index (Phi) is 5.33. The van der Waals surface area contributed by atoms with E-state index >= 15 is 0 Å². The number of hydrogen-bond donors (Lipinski definition) is 2. The quantitative estimate of drug-likeness (QED) is 0.908. The molecule has 5 heteroatoms. The van der Waals surface area contributed by atoms with E-state index in [1.807, 2.05) is 54.3 Å². The standard InChI is InChI=1S/C19H25N3O2/c1-2-16(23)14-21-10-12-22(13-11-21)19(24)20-18-9-5-7-15-6-3-4-8-17(15)18/h3-9,16,23H,2,10-14H2,1H3,(H,20,24). The van der Waals surface area contributed by atoms with Crippen LogP contribution in [0.15, 0.2) is 42.5 Å². The number of anilines is 1. The highest BCUT2D eigenvalue weighted by atomic mass is 16.3. The van der Waals surface area contributed by atoms with Gasteiger partial charge in [-0.25, -0.2) is 4.79 Å². The Morgan fingerprint density at radius 1 is 1.12 bits per heavy atom. The minimum Gasteiger partial charge on any atom is -0.392 e. The molecule has 1 fully saturated rings. The molecular weight excluding hydrogens is 302 g/mol. The monoisotopic (exact) mass is 327 g/mol. The van der Waals surface area contributed by atoms with E-state index < -0.39 is 0 Å². The molecule has 0 radical (unpaired) electrons. The zero-order valence-electron chi connectivity index (χ0n) is 14.1. The molecule has 1 atom stereocenters. The van der Waals surface area contributed by atoms with Gasteiger partial charge in [-0.05, 0) is 17.9 Å². The predicted molar refractivity (Wildman–Crippen MR) is 97.3 cm³/mol. The molecule has 1 aliphatic heterocycles. The minimum atomic E-state index is -0.277. The number of aliphatic hydroxyl groups is 1. The number of fused-ring (bicyclic) bond motifs is 1. The molecule has 1 aliphatic rings. The van der Waals surface area contributed by atoms with Crippen molar-refractivity contribution in [1.82, 2.24) is 9.80 Å². The molecule has 0 aromatic heterocycles. The highest BCUT2D eigenvalue weighted by Gasteiger charge is 2.22. The van der Waals surface area contributed by atoms with E-state index in [1.165, 1.54) is 0 Å². The lowest BCUT2D eigenvalue weighted by Gasteiger charge is -2.35. The van der Waals surface area contributed by atoms with Crippen LogP contribution in [0.2, 0.25) is 0 Å². The number of nitrogens with zero attached hydrogens (tertiary/aromatic N) is 2. The van der Waals surface area contributed by atoms with E-state index in [1.54, 1.807) is 0 Å². The number of aliphatic hydroxyl groups excluding tert-OH is 1. The SMILES string of the molecule is CCC(O)CN1CCN(C(=O)Nc2cccc3ccccc23)CC1. The van der Waals surface area contributed by atoms with Crippen LogP contribution < -0.4 is 5.32 Å². The third-order valence-corrected chi connectivity index (χ3v) is 4.63. The molecule has 2 aromatic rings. The molecule has 1 saturated heterocycles. The second-order valence-electron chi connectivity index (χ2n) is 6.31. The molecule has 0 spiro atoms. The molecule has 24 heavy (non-hydrogen) atoms. The number of benzene rings is 2. The molecule has 2 aromatic carbocycles. The minimum absolute atomic E-state index is 0.0537. The van der Waals surface area contributed by atoms with Crippen molar-refractivity contribution < 1.29 is 9.90 Å². The molecule has 0 saturated carbocycles. The van der Waals surface area contributed by atoms with Crippen LogP contribution in [0.25, 0.3) is 10.8 Å². The van der Waals surface area contributed by atoms with Crippen molar-refractivity contribution >= 4 is 22.5 Å². The van der Waals surface area contributed by atoms with Crippen LogP contribution >= 0.6 is 0 Å². The van der Waals surface area contributed by atoms with Gasteiger partial charge in [-0.3, -0.25) is 4.90 Å². The first-order chi connectivity index (χ1) is 11.7. The van der Waals surface area contributed by atoms with Crippen molar-refractivity contribution in [2.45, 2.75) is 19.4 Å². The summed E-state index contributed by atoms with van der Waals surface area (Å²) in [4.78, 5) is 16.6. The lowest BCUT2D eigenvalue weighted by atomic mass is 10.1. The van der Waals surface area contributed by atoms with E-state index in [0.717, 1.165) is 36.0 Å². The van der Waals surface area contributed by atoms with Gasteiger partial charge in [0.1, 0.15) is 0 Å². The Morgan fingerprint density at radius 3 is 2.58 bits per heavy atom. The maximum absolute atomic E-state index is 12.5. The predicted octanol–water partition coefficient (Wildman–Crippen LogP) is 2.76. The molecule has 2 N–H and O–H groups in total. The van der Waals surface area contributed by atoms with Crippen LogP contribution in [0.3, 0.4) is 0 Å². The Bertz CT molecular complexity index is 691. The number of hydrogen-bond acceptors (Lipinski definition) is 3. The summed E-state index contributed by atoms with van der Waals surface area (Å²) in [5, 5.41) is 15.0. The molecule has 1 heterocycles. The summed E-state index contributed by atoms with van der Waals surface area (Å²) in [5.74, 6) is 0. The van der Waals surface area contributed by atoms with Gasteiger partial charge in [0.2, 0.25) is 0 Å². The smallest absolute Gasteiger partial charge is 0.321 e. The fourth-order valence-corrected chi connectivity index (χ4v) is 3.09. The summed E-state index contributed by atoms with van der Waals surface area (Å²) in [6, 6.07) is 13.9. The molecule has 0 aliphatic carbocycles. The van der Waals surface area contributed by atoms with Crippen molar-refractivity contribution in [3.05, 3.63) is 42.5 Å². The van der Waals surface area contributed by atoms with Gasteiger partial charge in [0.25, 0.3) is 0 Å². The van der Waals surface area contributed by atoms with Gasteiger partial charge < -0.3 is 15.3 Å². The van der Waals surface area contributed by atoms with E-state index in [-0.39, 0.29) is 12.1 Å². The summed E-state index contributed by atoms with van der Waals surface area (Å²) in [6.45, 7) is 5.66. The van der Waals surface area contributed by atoms with Crippen LogP contribution in [-0.4, -0.2) is 59.8 Å². The number of nitrogens with one attached hydrogen (secondary N) is 1. The lowest BCUT2D eigenvalue weighted by Crippen LogP contribution is -2.51. The van der Waals surface area contributed by atoms with Crippen LogP contribution in [0.4, 0.5) is 10.5 Å². The van der Waals surface area contributed by atoms with Crippen molar-refractivity contribution in [2.24, 2.45) is 0 Å². The molecule has 5 nitrogen and oxygen atoms in total. The van der Waals surface area contributed by atoms with Gasteiger partial charge in [0.15, 0.2) is 0 Å².